The maximum atomic E-state index is 12.4. The van der Waals surface area contributed by atoms with Gasteiger partial charge in [0.1, 0.15) is 12.1 Å². The number of nitrogens with zero attached hydrogens (tertiary/aromatic N) is 4. The van der Waals surface area contributed by atoms with Gasteiger partial charge in [-0.15, -0.1) is 5.10 Å². The van der Waals surface area contributed by atoms with Crippen molar-refractivity contribution in [3.8, 4) is 11.4 Å². The SMILES string of the molecule is CC(NC(=O)COc1cccc(-n2cnnn2)c1)c1cccc2ccccc12. The van der Waals surface area contributed by atoms with E-state index in [1.165, 1.54) is 11.0 Å². The summed E-state index contributed by atoms with van der Waals surface area (Å²) in [6.45, 7) is 1.90. The lowest BCUT2D eigenvalue weighted by molar-refractivity contribution is -0.123. The Morgan fingerprint density at radius 1 is 1.11 bits per heavy atom. The van der Waals surface area contributed by atoms with E-state index < -0.39 is 0 Å². The summed E-state index contributed by atoms with van der Waals surface area (Å²) in [6, 6.07) is 21.3. The fraction of sp³-hybridized carbons (Fsp3) is 0.143. The summed E-state index contributed by atoms with van der Waals surface area (Å²) < 4.78 is 7.16. The van der Waals surface area contributed by atoms with Gasteiger partial charge in [0.25, 0.3) is 5.91 Å². The standard InChI is InChI=1S/C21H19N5O2/c1-15(19-11-4-7-16-6-2-3-10-20(16)19)23-21(27)13-28-18-9-5-8-17(12-18)26-14-22-24-25-26/h2-12,14-15H,13H2,1H3,(H,23,27). The first-order chi connectivity index (χ1) is 13.7. The van der Waals surface area contributed by atoms with Gasteiger partial charge in [-0.3, -0.25) is 4.79 Å². The van der Waals surface area contributed by atoms with Gasteiger partial charge in [-0.1, -0.05) is 48.5 Å². The van der Waals surface area contributed by atoms with Crippen LogP contribution in [0.15, 0.2) is 73.1 Å². The number of fused-ring (bicyclic) bond motifs is 1. The predicted molar refractivity (Wildman–Crippen MR) is 105 cm³/mol. The number of rotatable bonds is 6. The normalized spacial score (nSPS) is 11.9. The fourth-order valence-corrected chi connectivity index (χ4v) is 3.13. The molecule has 0 saturated heterocycles. The maximum absolute atomic E-state index is 12.4. The van der Waals surface area contributed by atoms with E-state index in [9.17, 15) is 4.79 Å². The molecule has 1 heterocycles. The molecule has 4 aromatic rings. The van der Waals surface area contributed by atoms with E-state index in [0.717, 1.165) is 22.0 Å². The number of aromatic nitrogens is 4. The molecule has 0 bridgehead atoms. The summed E-state index contributed by atoms with van der Waals surface area (Å²) in [5.74, 6) is 0.384. The molecule has 0 aliphatic carbocycles. The van der Waals surface area contributed by atoms with E-state index in [1.807, 2.05) is 43.3 Å². The smallest absolute Gasteiger partial charge is 0.258 e. The van der Waals surface area contributed by atoms with Crippen LogP contribution in [0.25, 0.3) is 16.5 Å². The first-order valence-corrected chi connectivity index (χ1v) is 8.94. The number of nitrogens with one attached hydrogen (secondary N) is 1. The Kier molecular flexibility index (Phi) is 4.97. The minimum absolute atomic E-state index is 0.0752. The van der Waals surface area contributed by atoms with Crippen LogP contribution in [0.3, 0.4) is 0 Å². The molecule has 1 atom stereocenters. The van der Waals surface area contributed by atoms with Crippen molar-refractivity contribution in [1.82, 2.24) is 25.5 Å². The molecule has 1 N–H and O–H groups in total. The quantitative estimate of drug-likeness (QED) is 0.562. The second-order valence-electron chi connectivity index (χ2n) is 6.40. The molecule has 4 rings (SSSR count). The lowest BCUT2D eigenvalue weighted by Gasteiger charge is -2.17. The van der Waals surface area contributed by atoms with E-state index in [0.29, 0.717) is 5.75 Å². The fourth-order valence-electron chi connectivity index (χ4n) is 3.13. The van der Waals surface area contributed by atoms with E-state index in [1.54, 1.807) is 12.1 Å². The molecule has 7 nitrogen and oxygen atoms in total. The number of tetrazole rings is 1. The van der Waals surface area contributed by atoms with Crippen molar-refractivity contribution in [2.75, 3.05) is 6.61 Å². The van der Waals surface area contributed by atoms with Crippen LogP contribution >= 0.6 is 0 Å². The van der Waals surface area contributed by atoms with E-state index in [-0.39, 0.29) is 18.6 Å². The van der Waals surface area contributed by atoms with Crippen LogP contribution in [-0.4, -0.2) is 32.7 Å². The largest absolute Gasteiger partial charge is 0.484 e. The molecule has 0 aliphatic rings. The van der Waals surface area contributed by atoms with Gasteiger partial charge in [-0.2, -0.15) is 0 Å². The minimum Gasteiger partial charge on any atom is -0.484 e. The molecule has 7 heteroatoms. The van der Waals surface area contributed by atoms with Crippen molar-refractivity contribution in [2.24, 2.45) is 0 Å². The molecule has 0 spiro atoms. The minimum atomic E-state index is -0.187. The van der Waals surface area contributed by atoms with Crippen molar-refractivity contribution in [3.05, 3.63) is 78.6 Å². The predicted octanol–water partition coefficient (Wildman–Crippen LogP) is 3.07. The van der Waals surface area contributed by atoms with Gasteiger partial charge in [0.05, 0.1) is 11.7 Å². The van der Waals surface area contributed by atoms with Gasteiger partial charge in [0.15, 0.2) is 6.61 Å². The molecular weight excluding hydrogens is 354 g/mol. The zero-order valence-corrected chi connectivity index (χ0v) is 15.3. The number of hydrogen-bond donors (Lipinski definition) is 1. The van der Waals surface area contributed by atoms with Crippen molar-refractivity contribution in [3.63, 3.8) is 0 Å². The second-order valence-corrected chi connectivity index (χ2v) is 6.40. The molecule has 0 saturated carbocycles. The molecule has 140 valence electrons. The molecule has 28 heavy (non-hydrogen) atoms. The third kappa shape index (κ3) is 3.83. The van der Waals surface area contributed by atoms with E-state index in [4.69, 9.17) is 4.74 Å². The van der Waals surface area contributed by atoms with Gasteiger partial charge >= 0.3 is 0 Å². The molecule has 0 radical (unpaired) electrons. The first-order valence-electron chi connectivity index (χ1n) is 8.94. The zero-order chi connectivity index (χ0) is 19.3. The summed E-state index contributed by atoms with van der Waals surface area (Å²) >= 11 is 0. The Bertz CT molecular complexity index is 1090. The van der Waals surface area contributed by atoms with Crippen LogP contribution in [0, 0.1) is 0 Å². The Morgan fingerprint density at radius 3 is 2.79 bits per heavy atom. The monoisotopic (exact) mass is 373 g/mol. The van der Waals surface area contributed by atoms with Crippen molar-refractivity contribution in [1.29, 1.82) is 0 Å². The summed E-state index contributed by atoms with van der Waals surface area (Å²) in [5.41, 5.74) is 1.83. The topological polar surface area (TPSA) is 81.9 Å². The number of carbonyl (C=O) groups excluding carboxylic acids is 1. The molecule has 0 fully saturated rings. The number of carbonyl (C=O) groups is 1. The van der Waals surface area contributed by atoms with Crippen LogP contribution in [0.2, 0.25) is 0 Å². The van der Waals surface area contributed by atoms with Crippen LogP contribution in [0.1, 0.15) is 18.5 Å². The van der Waals surface area contributed by atoms with Crippen LogP contribution in [0.5, 0.6) is 5.75 Å². The summed E-state index contributed by atoms with van der Waals surface area (Å²) in [7, 11) is 0. The Balaban J connectivity index is 1.40. The highest BCUT2D eigenvalue weighted by Crippen LogP contribution is 2.24. The average Bonchev–Trinajstić information content (AvgIpc) is 3.27. The number of ether oxygens (including phenoxy) is 1. The van der Waals surface area contributed by atoms with Crippen LogP contribution in [-0.2, 0) is 4.79 Å². The Hall–Kier alpha value is -3.74. The lowest BCUT2D eigenvalue weighted by atomic mass is 10.00. The van der Waals surface area contributed by atoms with Gasteiger partial charge in [0.2, 0.25) is 0 Å². The third-order valence-corrected chi connectivity index (χ3v) is 4.47. The van der Waals surface area contributed by atoms with Crippen molar-refractivity contribution < 1.29 is 9.53 Å². The Labute approximate surface area is 161 Å². The first kappa shape index (κ1) is 17.7. The molecule has 1 aromatic heterocycles. The number of hydrogen-bond acceptors (Lipinski definition) is 5. The summed E-state index contributed by atoms with van der Waals surface area (Å²) in [5, 5.41) is 16.3. The summed E-state index contributed by atoms with van der Waals surface area (Å²) in [4.78, 5) is 12.4. The van der Waals surface area contributed by atoms with Gasteiger partial charge in [0, 0.05) is 6.07 Å². The molecule has 1 unspecified atom stereocenters. The molecule has 0 aliphatic heterocycles. The molecule has 1 amide bonds. The number of benzene rings is 3. The van der Waals surface area contributed by atoms with E-state index >= 15 is 0 Å². The molecule has 3 aromatic carbocycles. The van der Waals surface area contributed by atoms with Gasteiger partial charge in [-0.25, -0.2) is 4.68 Å². The number of amides is 1. The highest BCUT2D eigenvalue weighted by atomic mass is 16.5. The Morgan fingerprint density at radius 2 is 1.93 bits per heavy atom. The van der Waals surface area contributed by atoms with Gasteiger partial charge in [-0.05, 0) is 45.8 Å². The van der Waals surface area contributed by atoms with Gasteiger partial charge < -0.3 is 10.1 Å². The van der Waals surface area contributed by atoms with E-state index in [2.05, 4.69) is 39.0 Å². The molecular formula is C21H19N5O2. The van der Waals surface area contributed by atoms with Crippen LogP contribution in [0.4, 0.5) is 0 Å². The summed E-state index contributed by atoms with van der Waals surface area (Å²) in [6.07, 6.45) is 1.50. The third-order valence-electron chi connectivity index (χ3n) is 4.47. The zero-order valence-electron chi connectivity index (χ0n) is 15.3. The van der Waals surface area contributed by atoms with Crippen molar-refractivity contribution >= 4 is 16.7 Å². The van der Waals surface area contributed by atoms with Crippen molar-refractivity contribution in [2.45, 2.75) is 13.0 Å². The second kappa shape index (κ2) is 7.87. The van der Waals surface area contributed by atoms with Crippen LogP contribution < -0.4 is 10.1 Å². The highest BCUT2D eigenvalue weighted by Gasteiger charge is 2.13. The maximum Gasteiger partial charge on any atom is 0.258 e. The highest BCUT2D eigenvalue weighted by molar-refractivity contribution is 5.87. The average molecular weight is 373 g/mol. The lowest BCUT2D eigenvalue weighted by Crippen LogP contribution is -2.31.